The van der Waals surface area contributed by atoms with E-state index in [1.165, 1.54) is 19.5 Å². The number of nitrogens with zero attached hydrogens (tertiary/aromatic N) is 1. The van der Waals surface area contributed by atoms with Gasteiger partial charge in [-0.05, 0) is 32.5 Å². The van der Waals surface area contributed by atoms with E-state index in [1.54, 1.807) is 6.92 Å². The van der Waals surface area contributed by atoms with Crippen LogP contribution < -0.4 is 10.6 Å². The minimum atomic E-state index is 0.0657. The smallest absolute Gasteiger partial charge is 0.216 e. The van der Waals surface area contributed by atoms with E-state index in [2.05, 4.69) is 15.5 Å². The Balaban J connectivity index is 2.07. The van der Waals surface area contributed by atoms with E-state index in [0.717, 1.165) is 25.6 Å². The molecule has 0 spiro atoms. The van der Waals surface area contributed by atoms with E-state index in [1.807, 2.05) is 7.05 Å². The average Bonchev–Trinajstić information content (AvgIpc) is 2.53. The average molecular weight is 199 g/mol. The minimum Gasteiger partial charge on any atom is -0.355 e. The van der Waals surface area contributed by atoms with Gasteiger partial charge in [0.25, 0.3) is 0 Å². The van der Waals surface area contributed by atoms with Crippen LogP contribution in [-0.4, -0.2) is 50.6 Å². The van der Waals surface area contributed by atoms with Crippen LogP contribution in [0.1, 0.15) is 13.3 Å². The van der Waals surface area contributed by atoms with E-state index in [4.69, 9.17) is 0 Å². The highest BCUT2D eigenvalue weighted by Gasteiger charge is 2.20. The number of hydrogen-bond donors (Lipinski definition) is 2. The van der Waals surface area contributed by atoms with Gasteiger partial charge in [-0.15, -0.1) is 0 Å². The standard InChI is InChI=1S/C10H21N3O/c1-9(14)12-4-6-13-5-3-10(8-13)7-11-2/h10-11H,3-8H2,1-2H3,(H,12,14). The van der Waals surface area contributed by atoms with Gasteiger partial charge in [0.1, 0.15) is 0 Å². The fourth-order valence-corrected chi connectivity index (χ4v) is 1.96. The van der Waals surface area contributed by atoms with E-state index in [9.17, 15) is 4.79 Å². The molecule has 0 aromatic heterocycles. The summed E-state index contributed by atoms with van der Waals surface area (Å²) in [5.74, 6) is 0.855. The molecule has 1 atom stereocenters. The molecule has 4 heteroatoms. The highest BCUT2D eigenvalue weighted by atomic mass is 16.1. The third-order valence-electron chi connectivity index (χ3n) is 2.66. The Hall–Kier alpha value is -0.610. The molecule has 1 saturated heterocycles. The Morgan fingerprint density at radius 2 is 2.36 bits per heavy atom. The first kappa shape index (κ1) is 11.5. The number of amides is 1. The molecule has 0 aromatic carbocycles. The Kier molecular flexibility index (Phi) is 4.90. The maximum Gasteiger partial charge on any atom is 0.216 e. The lowest BCUT2D eigenvalue weighted by molar-refractivity contribution is -0.119. The van der Waals surface area contributed by atoms with Gasteiger partial charge in [0.2, 0.25) is 5.91 Å². The van der Waals surface area contributed by atoms with Crippen LogP contribution in [0.2, 0.25) is 0 Å². The van der Waals surface area contributed by atoms with E-state index in [0.29, 0.717) is 0 Å². The fraction of sp³-hybridized carbons (Fsp3) is 0.900. The Bertz CT molecular complexity index is 184. The molecule has 0 aromatic rings. The molecule has 4 nitrogen and oxygen atoms in total. The van der Waals surface area contributed by atoms with Crippen LogP contribution in [0.3, 0.4) is 0 Å². The molecule has 14 heavy (non-hydrogen) atoms. The molecule has 1 rings (SSSR count). The summed E-state index contributed by atoms with van der Waals surface area (Å²) in [5.41, 5.74) is 0. The van der Waals surface area contributed by atoms with Crippen LogP contribution in [0.15, 0.2) is 0 Å². The van der Waals surface area contributed by atoms with Crippen molar-refractivity contribution in [1.29, 1.82) is 0 Å². The molecule has 1 unspecified atom stereocenters. The first-order valence-corrected chi connectivity index (χ1v) is 5.33. The summed E-state index contributed by atoms with van der Waals surface area (Å²) in [7, 11) is 2.00. The second-order valence-electron chi connectivity index (χ2n) is 4.00. The van der Waals surface area contributed by atoms with Crippen LogP contribution in [0.4, 0.5) is 0 Å². The summed E-state index contributed by atoms with van der Waals surface area (Å²) in [6, 6.07) is 0. The largest absolute Gasteiger partial charge is 0.355 e. The predicted molar refractivity (Wildman–Crippen MR) is 57.2 cm³/mol. The normalized spacial score (nSPS) is 22.6. The van der Waals surface area contributed by atoms with Crippen LogP contribution in [0.5, 0.6) is 0 Å². The molecule has 1 heterocycles. The van der Waals surface area contributed by atoms with Crippen molar-refractivity contribution in [2.45, 2.75) is 13.3 Å². The molecule has 0 aliphatic carbocycles. The van der Waals surface area contributed by atoms with Gasteiger partial charge in [-0.3, -0.25) is 4.79 Å². The van der Waals surface area contributed by atoms with E-state index >= 15 is 0 Å². The van der Waals surface area contributed by atoms with Crippen molar-refractivity contribution in [1.82, 2.24) is 15.5 Å². The highest BCUT2D eigenvalue weighted by molar-refractivity contribution is 5.72. The zero-order valence-electron chi connectivity index (χ0n) is 9.18. The maximum absolute atomic E-state index is 10.6. The van der Waals surface area contributed by atoms with Gasteiger partial charge >= 0.3 is 0 Å². The predicted octanol–water partition coefficient (Wildman–Crippen LogP) is -0.336. The number of likely N-dealkylation sites (tertiary alicyclic amines) is 1. The molecule has 0 bridgehead atoms. The fourth-order valence-electron chi connectivity index (χ4n) is 1.96. The molecule has 1 aliphatic rings. The molecule has 82 valence electrons. The molecule has 1 aliphatic heterocycles. The number of hydrogen-bond acceptors (Lipinski definition) is 3. The summed E-state index contributed by atoms with van der Waals surface area (Å²) in [5, 5.41) is 6.03. The Morgan fingerprint density at radius 1 is 1.57 bits per heavy atom. The van der Waals surface area contributed by atoms with Crippen molar-refractivity contribution in [2.24, 2.45) is 5.92 Å². The first-order valence-electron chi connectivity index (χ1n) is 5.33. The molecule has 1 fully saturated rings. The number of nitrogens with one attached hydrogen (secondary N) is 2. The quantitative estimate of drug-likeness (QED) is 0.637. The molecule has 0 radical (unpaired) electrons. The summed E-state index contributed by atoms with van der Waals surface area (Å²) < 4.78 is 0. The van der Waals surface area contributed by atoms with E-state index < -0.39 is 0 Å². The molecular formula is C10H21N3O. The van der Waals surface area contributed by atoms with Crippen molar-refractivity contribution >= 4 is 5.91 Å². The van der Waals surface area contributed by atoms with E-state index in [-0.39, 0.29) is 5.91 Å². The molecule has 1 amide bonds. The van der Waals surface area contributed by atoms with Crippen LogP contribution in [0.25, 0.3) is 0 Å². The summed E-state index contributed by atoms with van der Waals surface area (Å²) in [6.07, 6.45) is 1.28. The number of carbonyl (C=O) groups excluding carboxylic acids is 1. The molecule has 0 saturated carbocycles. The van der Waals surface area contributed by atoms with Gasteiger partial charge in [0.05, 0.1) is 0 Å². The minimum absolute atomic E-state index is 0.0657. The zero-order chi connectivity index (χ0) is 10.4. The van der Waals surface area contributed by atoms with Crippen molar-refractivity contribution in [3.8, 4) is 0 Å². The van der Waals surface area contributed by atoms with Gasteiger partial charge < -0.3 is 15.5 Å². The number of rotatable bonds is 5. The summed E-state index contributed by atoms with van der Waals surface area (Å²) in [4.78, 5) is 13.1. The van der Waals surface area contributed by atoms with Gasteiger partial charge in [0, 0.05) is 26.6 Å². The summed E-state index contributed by atoms with van der Waals surface area (Å²) >= 11 is 0. The van der Waals surface area contributed by atoms with Crippen molar-refractivity contribution in [3.63, 3.8) is 0 Å². The van der Waals surface area contributed by atoms with Crippen LogP contribution in [-0.2, 0) is 4.79 Å². The van der Waals surface area contributed by atoms with Gasteiger partial charge in [-0.1, -0.05) is 0 Å². The third-order valence-corrected chi connectivity index (χ3v) is 2.66. The van der Waals surface area contributed by atoms with Crippen molar-refractivity contribution in [2.75, 3.05) is 39.8 Å². The van der Waals surface area contributed by atoms with Crippen LogP contribution in [0, 0.1) is 5.92 Å². The zero-order valence-corrected chi connectivity index (χ0v) is 9.18. The SMILES string of the molecule is CNCC1CCN(CCNC(C)=O)C1. The topological polar surface area (TPSA) is 44.4 Å². The Labute approximate surface area is 86.0 Å². The highest BCUT2D eigenvalue weighted by Crippen LogP contribution is 2.14. The van der Waals surface area contributed by atoms with Gasteiger partial charge in [0.15, 0.2) is 0 Å². The monoisotopic (exact) mass is 199 g/mol. The third kappa shape index (κ3) is 4.07. The van der Waals surface area contributed by atoms with Crippen LogP contribution >= 0.6 is 0 Å². The summed E-state index contributed by atoms with van der Waals surface area (Å²) in [6.45, 7) is 6.78. The molecular weight excluding hydrogens is 178 g/mol. The molecule has 2 N–H and O–H groups in total. The lowest BCUT2D eigenvalue weighted by atomic mass is 10.1. The lowest BCUT2D eigenvalue weighted by Crippen LogP contribution is -2.33. The van der Waals surface area contributed by atoms with Crippen molar-refractivity contribution < 1.29 is 4.79 Å². The van der Waals surface area contributed by atoms with Gasteiger partial charge in [-0.2, -0.15) is 0 Å². The van der Waals surface area contributed by atoms with Crippen molar-refractivity contribution in [3.05, 3.63) is 0 Å². The lowest BCUT2D eigenvalue weighted by Gasteiger charge is -2.15. The second kappa shape index (κ2) is 5.98. The first-order chi connectivity index (χ1) is 6.72. The second-order valence-corrected chi connectivity index (χ2v) is 4.00. The Morgan fingerprint density at radius 3 is 3.00 bits per heavy atom. The maximum atomic E-state index is 10.6. The number of carbonyl (C=O) groups is 1. The van der Waals surface area contributed by atoms with Gasteiger partial charge in [-0.25, -0.2) is 0 Å².